The van der Waals surface area contributed by atoms with Gasteiger partial charge in [0.05, 0.1) is 0 Å². The molecule has 0 aromatic heterocycles. The van der Waals surface area contributed by atoms with E-state index in [9.17, 15) is 9.59 Å². The Kier molecular flexibility index (Phi) is 2.09. The summed E-state index contributed by atoms with van der Waals surface area (Å²) in [7, 11) is 0. The van der Waals surface area contributed by atoms with Gasteiger partial charge in [0.25, 0.3) is 0 Å². The molecule has 76 valence electrons. The van der Waals surface area contributed by atoms with Crippen molar-refractivity contribution in [3.8, 4) is 0 Å². The van der Waals surface area contributed by atoms with Crippen LogP contribution in [-0.2, 0) is 9.59 Å². The van der Waals surface area contributed by atoms with Crippen LogP contribution in [0.2, 0.25) is 0 Å². The summed E-state index contributed by atoms with van der Waals surface area (Å²) in [5, 5.41) is 0. The van der Waals surface area contributed by atoms with Crippen LogP contribution in [0.15, 0.2) is 12.2 Å². The molecular formula is C12H16O2. The highest BCUT2D eigenvalue weighted by Gasteiger charge is 2.50. The third kappa shape index (κ3) is 1.17. The highest BCUT2D eigenvalue weighted by molar-refractivity contribution is 5.99. The molecular weight excluding hydrogens is 176 g/mol. The number of Topliss-reactive ketones (excluding diaryl/α,β-unsaturated/α-hetero) is 2. The largest absolute Gasteiger partial charge is 0.299 e. The molecule has 2 nitrogen and oxygen atoms in total. The van der Waals surface area contributed by atoms with E-state index in [1.54, 1.807) is 0 Å². The van der Waals surface area contributed by atoms with Gasteiger partial charge in [0.15, 0.2) is 0 Å². The Balaban J connectivity index is 2.32. The maximum Gasteiger partial charge on any atom is 0.140 e. The number of hydrogen-bond donors (Lipinski definition) is 0. The van der Waals surface area contributed by atoms with E-state index in [1.807, 2.05) is 13.8 Å². The summed E-state index contributed by atoms with van der Waals surface area (Å²) in [4.78, 5) is 23.5. The number of carbonyl (C=O) groups is 2. The topological polar surface area (TPSA) is 34.1 Å². The van der Waals surface area contributed by atoms with E-state index in [-0.39, 0.29) is 29.5 Å². The van der Waals surface area contributed by atoms with Gasteiger partial charge in [-0.1, -0.05) is 19.1 Å². The van der Waals surface area contributed by atoms with Gasteiger partial charge in [-0.15, -0.1) is 0 Å². The first-order valence-corrected chi connectivity index (χ1v) is 5.24. The minimum absolute atomic E-state index is 0.0193. The number of hydrogen-bond acceptors (Lipinski definition) is 2. The molecule has 2 bridgehead atoms. The third-order valence-electron chi connectivity index (χ3n) is 3.88. The lowest BCUT2D eigenvalue weighted by atomic mass is 9.58. The molecule has 0 amide bonds. The number of rotatable bonds is 1. The van der Waals surface area contributed by atoms with Gasteiger partial charge in [-0.05, 0) is 19.3 Å². The molecule has 3 fully saturated rings. The molecule has 0 aliphatic heterocycles. The molecule has 0 spiro atoms. The van der Waals surface area contributed by atoms with Gasteiger partial charge < -0.3 is 0 Å². The summed E-state index contributed by atoms with van der Waals surface area (Å²) in [5.74, 6) is 0.723. The number of ketones is 2. The van der Waals surface area contributed by atoms with Crippen molar-refractivity contribution in [2.24, 2.45) is 23.7 Å². The lowest BCUT2D eigenvalue weighted by molar-refractivity contribution is -0.148. The van der Waals surface area contributed by atoms with Gasteiger partial charge >= 0.3 is 0 Å². The number of allylic oxidation sites excluding steroid dienone is 1. The first kappa shape index (κ1) is 9.63. The predicted molar refractivity (Wildman–Crippen MR) is 53.7 cm³/mol. The molecule has 2 heteroatoms. The Bertz CT molecular complexity index is 316. The average Bonchev–Trinajstić information content (AvgIpc) is 2.12. The van der Waals surface area contributed by atoms with Crippen LogP contribution in [0.4, 0.5) is 0 Å². The first-order valence-electron chi connectivity index (χ1n) is 5.24. The Morgan fingerprint density at radius 3 is 2.57 bits per heavy atom. The van der Waals surface area contributed by atoms with Crippen molar-refractivity contribution in [3.63, 3.8) is 0 Å². The zero-order valence-corrected chi connectivity index (χ0v) is 8.75. The Morgan fingerprint density at radius 2 is 2.00 bits per heavy atom. The van der Waals surface area contributed by atoms with Crippen molar-refractivity contribution in [3.05, 3.63) is 12.2 Å². The molecule has 3 aliphatic carbocycles. The fraction of sp³-hybridized carbons (Fsp3) is 0.667. The van der Waals surface area contributed by atoms with E-state index in [4.69, 9.17) is 0 Å². The van der Waals surface area contributed by atoms with Gasteiger partial charge in [0.1, 0.15) is 11.6 Å². The van der Waals surface area contributed by atoms with Crippen molar-refractivity contribution in [1.29, 1.82) is 0 Å². The summed E-state index contributed by atoms with van der Waals surface area (Å²) in [5.41, 5.74) is 1.06. The molecule has 1 unspecified atom stereocenters. The fourth-order valence-electron chi connectivity index (χ4n) is 2.94. The lowest BCUT2D eigenvalue weighted by Crippen LogP contribution is -2.49. The number of fused-ring (bicyclic) bond motifs is 3. The van der Waals surface area contributed by atoms with Gasteiger partial charge in [0, 0.05) is 24.2 Å². The fourth-order valence-corrected chi connectivity index (χ4v) is 2.94. The van der Waals surface area contributed by atoms with Crippen LogP contribution in [-0.4, -0.2) is 11.6 Å². The van der Waals surface area contributed by atoms with E-state index in [1.165, 1.54) is 0 Å². The van der Waals surface area contributed by atoms with Crippen LogP contribution in [0.3, 0.4) is 0 Å². The van der Waals surface area contributed by atoms with Crippen LogP contribution < -0.4 is 0 Å². The molecule has 14 heavy (non-hydrogen) atoms. The van der Waals surface area contributed by atoms with Crippen molar-refractivity contribution in [2.75, 3.05) is 0 Å². The molecule has 0 radical (unpaired) electrons. The molecule has 3 aliphatic rings. The molecule has 4 atom stereocenters. The van der Waals surface area contributed by atoms with Crippen LogP contribution in [0.25, 0.3) is 0 Å². The molecule has 0 saturated heterocycles. The molecule has 3 rings (SSSR count). The van der Waals surface area contributed by atoms with Crippen LogP contribution in [0, 0.1) is 23.7 Å². The van der Waals surface area contributed by atoms with E-state index in [0.29, 0.717) is 12.2 Å². The second-order valence-corrected chi connectivity index (χ2v) is 4.76. The van der Waals surface area contributed by atoms with Crippen LogP contribution in [0.5, 0.6) is 0 Å². The summed E-state index contributed by atoms with van der Waals surface area (Å²) in [6, 6.07) is 0. The second kappa shape index (κ2) is 3.04. The molecule has 0 N–H and O–H groups in total. The van der Waals surface area contributed by atoms with Crippen molar-refractivity contribution < 1.29 is 9.59 Å². The minimum atomic E-state index is -0.0556. The van der Waals surface area contributed by atoms with Crippen LogP contribution >= 0.6 is 0 Å². The zero-order chi connectivity index (χ0) is 10.5. The highest BCUT2D eigenvalue weighted by Crippen LogP contribution is 2.46. The Labute approximate surface area is 84.4 Å². The molecule has 0 heterocycles. The number of carbonyl (C=O) groups excluding carboxylic acids is 2. The first-order chi connectivity index (χ1) is 6.52. The van der Waals surface area contributed by atoms with Gasteiger partial charge in [-0.2, -0.15) is 0 Å². The SMILES string of the molecule is C=C(C)[C@H]1C[C@@H]2C(=O)C[C@@H]1C(=O)C2C. The standard InChI is InChI=1S/C12H16O2/c1-6(2)8-4-9-7(3)12(14)10(8)5-11(9)13/h7-10H,1,4-5H2,2-3H3/t7?,8-,9+,10+/m1/s1. The van der Waals surface area contributed by atoms with Gasteiger partial charge in [-0.3, -0.25) is 9.59 Å². The third-order valence-corrected chi connectivity index (χ3v) is 3.88. The molecule has 0 aromatic rings. The van der Waals surface area contributed by atoms with E-state index < -0.39 is 0 Å². The smallest absolute Gasteiger partial charge is 0.140 e. The highest BCUT2D eigenvalue weighted by atomic mass is 16.1. The summed E-state index contributed by atoms with van der Waals surface area (Å²) >= 11 is 0. The monoisotopic (exact) mass is 192 g/mol. The lowest BCUT2D eigenvalue weighted by Gasteiger charge is -2.44. The maximum atomic E-state index is 11.9. The minimum Gasteiger partial charge on any atom is -0.299 e. The quantitative estimate of drug-likeness (QED) is 0.595. The van der Waals surface area contributed by atoms with Crippen molar-refractivity contribution >= 4 is 11.6 Å². The van der Waals surface area contributed by atoms with E-state index in [2.05, 4.69) is 6.58 Å². The summed E-state index contributed by atoms with van der Waals surface area (Å²) < 4.78 is 0. The van der Waals surface area contributed by atoms with Gasteiger partial charge in [-0.25, -0.2) is 0 Å². The maximum absolute atomic E-state index is 11.9. The summed E-state index contributed by atoms with van der Waals surface area (Å²) in [6.07, 6.45) is 1.32. The van der Waals surface area contributed by atoms with E-state index in [0.717, 1.165) is 12.0 Å². The Hall–Kier alpha value is -0.920. The second-order valence-electron chi connectivity index (χ2n) is 4.76. The molecule has 3 saturated carbocycles. The van der Waals surface area contributed by atoms with Crippen LogP contribution in [0.1, 0.15) is 26.7 Å². The zero-order valence-electron chi connectivity index (χ0n) is 8.75. The Morgan fingerprint density at radius 1 is 1.36 bits per heavy atom. The van der Waals surface area contributed by atoms with Gasteiger partial charge in [0.2, 0.25) is 0 Å². The average molecular weight is 192 g/mol. The molecule has 0 aromatic carbocycles. The summed E-state index contributed by atoms with van der Waals surface area (Å²) in [6.45, 7) is 7.78. The van der Waals surface area contributed by atoms with Crippen molar-refractivity contribution in [2.45, 2.75) is 26.7 Å². The predicted octanol–water partition coefficient (Wildman–Crippen LogP) is 1.99. The normalized spacial score (nSPS) is 41.6. The van der Waals surface area contributed by atoms with E-state index >= 15 is 0 Å². The van der Waals surface area contributed by atoms with Crippen molar-refractivity contribution in [1.82, 2.24) is 0 Å².